The van der Waals surface area contributed by atoms with Gasteiger partial charge in [0.1, 0.15) is 5.25 Å². The Balaban J connectivity index is 2.21. The van der Waals surface area contributed by atoms with E-state index in [1.807, 2.05) is 13.8 Å². The molecule has 0 aromatic heterocycles. The number of likely N-dealkylation sites (tertiary alicyclic amines) is 1. The number of hydrogen-bond acceptors (Lipinski definition) is 3. The Morgan fingerprint density at radius 1 is 1.15 bits per heavy atom. The third-order valence-electron chi connectivity index (χ3n) is 5.89. The van der Waals surface area contributed by atoms with Crippen LogP contribution in [0.25, 0.3) is 0 Å². The Morgan fingerprint density at radius 3 is 2.07 bits per heavy atom. The van der Waals surface area contributed by atoms with Crippen LogP contribution in [0.15, 0.2) is 12.1 Å². The topological polar surface area (TPSA) is 54.5 Å². The van der Waals surface area contributed by atoms with Gasteiger partial charge in [-0.1, -0.05) is 39.8 Å². The zero-order valence-electron chi connectivity index (χ0n) is 17.9. The molecule has 1 unspecified atom stereocenters. The van der Waals surface area contributed by atoms with Gasteiger partial charge in [-0.15, -0.1) is 0 Å². The molecule has 0 radical (unpaired) electrons. The molecule has 0 bridgehead atoms. The number of nitrogens with zero attached hydrogens (tertiary/aromatic N) is 1. The quantitative estimate of drug-likeness (QED) is 0.772. The second-order valence-electron chi connectivity index (χ2n) is 9.30. The predicted octanol–water partition coefficient (Wildman–Crippen LogP) is 4.16. The summed E-state index contributed by atoms with van der Waals surface area (Å²) in [7, 11) is -3.56. The van der Waals surface area contributed by atoms with E-state index in [4.69, 9.17) is 0 Å². The fraction of sp³-hybridized carbons (Fsp3) is 0.682. The summed E-state index contributed by atoms with van der Waals surface area (Å²) in [6.07, 6.45) is 1.90. The first-order valence-corrected chi connectivity index (χ1v) is 11.7. The molecule has 1 aliphatic heterocycles. The molecule has 1 saturated heterocycles. The van der Waals surface area contributed by atoms with E-state index in [9.17, 15) is 13.2 Å². The molecule has 0 spiro atoms. The van der Waals surface area contributed by atoms with E-state index in [2.05, 4.69) is 39.8 Å². The maximum atomic E-state index is 13.0. The molecule has 1 aromatic rings. The summed E-state index contributed by atoms with van der Waals surface area (Å²) in [6, 6.07) is 4.16. The first-order chi connectivity index (χ1) is 12.3. The normalized spacial score (nSPS) is 17.8. The van der Waals surface area contributed by atoms with Crippen LogP contribution in [0.2, 0.25) is 0 Å². The van der Waals surface area contributed by atoms with Crippen LogP contribution in [0.1, 0.15) is 69.7 Å². The molecule has 1 amide bonds. The minimum atomic E-state index is -3.56. The van der Waals surface area contributed by atoms with Gasteiger partial charge in [-0.05, 0) is 67.2 Å². The van der Waals surface area contributed by atoms with Gasteiger partial charge in [-0.3, -0.25) is 4.79 Å². The Morgan fingerprint density at radius 2 is 1.63 bits per heavy atom. The molecule has 27 heavy (non-hydrogen) atoms. The molecule has 2 rings (SSSR count). The molecule has 1 heterocycles. The van der Waals surface area contributed by atoms with E-state index in [-0.39, 0.29) is 17.1 Å². The van der Waals surface area contributed by atoms with Crippen molar-refractivity contribution < 1.29 is 13.2 Å². The number of hydrogen-bond donors (Lipinski definition) is 0. The fourth-order valence-electron chi connectivity index (χ4n) is 3.62. The van der Waals surface area contributed by atoms with Crippen LogP contribution in [0, 0.1) is 19.8 Å². The van der Waals surface area contributed by atoms with E-state index in [0.717, 1.165) is 29.5 Å². The number of carbonyl (C=O) groups excluding carboxylic acids is 1. The summed E-state index contributed by atoms with van der Waals surface area (Å²) in [6.45, 7) is 15.4. The highest BCUT2D eigenvalue weighted by Crippen LogP contribution is 2.29. The van der Waals surface area contributed by atoms with Crippen LogP contribution in [-0.4, -0.2) is 37.6 Å². The maximum absolute atomic E-state index is 13.0. The number of benzene rings is 1. The van der Waals surface area contributed by atoms with Crippen LogP contribution in [0.3, 0.4) is 0 Å². The first-order valence-electron chi connectivity index (χ1n) is 9.94. The standard InChI is InChI=1S/C22H35NO3S/c1-15-8-10-23(11-9-15)21(24)18(4)27(25,26)14-20-16(2)12-19(13-17(20)3)22(5,6)7/h12-13,15,18H,8-11,14H2,1-7H3. The molecule has 1 aliphatic rings. The average Bonchev–Trinajstić information content (AvgIpc) is 2.56. The van der Waals surface area contributed by atoms with Crippen LogP contribution >= 0.6 is 0 Å². The summed E-state index contributed by atoms with van der Waals surface area (Å²) in [5.74, 6) is 0.280. The lowest BCUT2D eigenvalue weighted by Gasteiger charge is -2.32. The molecule has 0 N–H and O–H groups in total. The minimum absolute atomic E-state index is 0.0155. The number of sulfone groups is 1. The van der Waals surface area contributed by atoms with Crippen molar-refractivity contribution in [2.45, 2.75) is 77.7 Å². The number of carbonyl (C=O) groups is 1. The molecule has 1 atom stereocenters. The van der Waals surface area contributed by atoms with E-state index < -0.39 is 15.1 Å². The Bertz CT molecular complexity index is 774. The zero-order valence-corrected chi connectivity index (χ0v) is 18.7. The van der Waals surface area contributed by atoms with E-state index in [1.165, 1.54) is 5.56 Å². The molecule has 152 valence electrons. The SMILES string of the molecule is Cc1cc(C(C)(C)C)cc(C)c1CS(=O)(=O)C(C)C(=O)N1CCC(C)CC1. The number of rotatable bonds is 4. The molecule has 0 aliphatic carbocycles. The number of piperidine rings is 1. The van der Waals surface area contributed by atoms with E-state index >= 15 is 0 Å². The van der Waals surface area contributed by atoms with Gasteiger partial charge in [0.25, 0.3) is 0 Å². The largest absolute Gasteiger partial charge is 0.342 e. The minimum Gasteiger partial charge on any atom is -0.342 e. The van der Waals surface area contributed by atoms with Crippen molar-refractivity contribution in [1.82, 2.24) is 4.90 Å². The molecule has 1 fully saturated rings. The van der Waals surface area contributed by atoms with Gasteiger partial charge in [0.15, 0.2) is 9.84 Å². The third-order valence-corrected chi connectivity index (χ3v) is 7.86. The van der Waals surface area contributed by atoms with E-state index in [0.29, 0.717) is 19.0 Å². The van der Waals surface area contributed by atoms with Gasteiger partial charge in [-0.2, -0.15) is 0 Å². The van der Waals surface area contributed by atoms with Crippen LogP contribution in [-0.2, 0) is 25.8 Å². The van der Waals surface area contributed by atoms with Crippen LogP contribution in [0.5, 0.6) is 0 Å². The molecule has 1 aromatic carbocycles. The smallest absolute Gasteiger partial charge is 0.240 e. The highest BCUT2D eigenvalue weighted by molar-refractivity contribution is 7.92. The third kappa shape index (κ3) is 5.13. The van der Waals surface area contributed by atoms with E-state index in [1.54, 1.807) is 11.8 Å². The molecular formula is C22H35NO3S. The summed E-state index contributed by atoms with van der Waals surface area (Å²) in [4.78, 5) is 14.5. The summed E-state index contributed by atoms with van der Waals surface area (Å²) < 4.78 is 26.0. The van der Waals surface area contributed by atoms with Gasteiger partial charge in [0, 0.05) is 13.1 Å². The van der Waals surface area contributed by atoms with Crippen LogP contribution < -0.4 is 0 Å². The first kappa shape index (κ1) is 21.9. The monoisotopic (exact) mass is 393 g/mol. The summed E-state index contributed by atoms with van der Waals surface area (Å²) >= 11 is 0. The van der Waals surface area contributed by atoms with Crippen molar-refractivity contribution in [1.29, 1.82) is 0 Å². The Labute approximate surface area is 165 Å². The highest BCUT2D eigenvalue weighted by atomic mass is 32.2. The highest BCUT2D eigenvalue weighted by Gasteiger charge is 2.33. The van der Waals surface area contributed by atoms with Crippen LogP contribution in [0.4, 0.5) is 0 Å². The lowest BCUT2D eigenvalue weighted by atomic mass is 9.84. The van der Waals surface area contributed by atoms with Gasteiger partial charge < -0.3 is 4.90 Å². The molecular weight excluding hydrogens is 358 g/mol. The average molecular weight is 394 g/mol. The van der Waals surface area contributed by atoms with Crippen molar-refractivity contribution in [2.24, 2.45) is 5.92 Å². The molecule has 4 nitrogen and oxygen atoms in total. The molecule has 0 saturated carbocycles. The fourth-order valence-corrected chi connectivity index (χ4v) is 5.18. The Hall–Kier alpha value is -1.36. The van der Waals surface area contributed by atoms with Crippen molar-refractivity contribution in [3.05, 3.63) is 34.4 Å². The van der Waals surface area contributed by atoms with Crippen molar-refractivity contribution in [3.63, 3.8) is 0 Å². The van der Waals surface area contributed by atoms with Gasteiger partial charge >= 0.3 is 0 Å². The second-order valence-corrected chi connectivity index (χ2v) is 11.6. The van der Waals surface area contributed by atoms with Crippen molar-refractivity contribution in [3.8, 4) is 0 Å². The predicted molar refractivity (Wildman–Crippen MR) is 112 cm³/mol. The lowest BCUT2D eigenvalue weighted by molar-refractivity contribution is -0.131. The number of aryl methyl sites for hydroxylation is 2. The summed E-state index contributed by atoms with van der Waals surface area (Å²) in [5.41, 5.74) is 4.01. The van der Waals surface area contributed by atoms with Crippen molar-refractivity contribution >= 4 is 15.7 Å². The summed E-state index contributed by atoms with van der Waals surface area (Å²) in [5, 5.41) is -0.994. The Kier molecular flexibility index (Phi) is 6.45. The van der Waals surface area contributed by atoms with Crippen molar-refractivity contribution in [2.75, 3.05) is 13.1 Å². The zero-order chi connectivity index (χ0) is 20.6. The molecule has 5 heteroatoms. The lowest BCUT2D eigenvalue weighted by Crippen LogP contribution is -2.45. The van der Waals surface area contributed by atoms with Gasteiger partial charge in [0.05, 0.1) is 5.75 Å². The van der Waals surface area contributed by atoms with Gasteiger partial charge in [-0.25, -0.2) is 8.42 Å². The number of amides is 1. The van der Waals surface area contributed by atoms with Gasteiger partial charge in [0.2, 0.25) is 5.91 Å². The maximum Gasteiger partial charge on any atom is 0.240 e. The second kappa shape index (κ2) is 7.94.